The molecule has 28 heavy (non-hydrogen) atoms. The highest BCUT2D eigenvalue weighted by atomic mass is 16.5. The van der Waals surface area contributed by atoms with E-state index in [2.05, 4.69) is 77.9 Å². The Morgan fingerprint density at radius 1 is 0.571 bits per heavy atom. The quantitative estimate of drug-likeness (QED) is 0.345. The third-order valence-electron chi connectivity index (χ3n) is 5.87. The van der Waals surface area contributed by atoms with Crippen molar-refractivity contribution in [3.8, 4) is 11.5 Å². The second-order valence-electron chi connectivity index (χ2n) is 9.88. The summed E-state index contributed by atoms with van der Waals surface area (Å²) < 4.78 is 11.8. The molecule has 0 radical (unpaired) electrons. The second-order valence-corrected chi connectivity index (χ2v) is 9.88. The van der Waals surface area contributed by atoms with Gasteiger partial charge in [0.1, 0.15) is 0 Å². The smallest absolute Gasteiger partial charge is 0.169 e. The second kappa shape index (κ2) is 6.01. The average molecular weight is 375 g/mol. The van der Waals surface area contributed by atoms with Crippen molar-refractivity contribution in [1.29, 1.82) is 0 Å². The topological polar surface area (TPSA) is 18.5 Å². The van der Waals surface area contributed by atoms with Crippen molar-refractivity contribution >= 4 is 32.3 Å². The van der Waals surface area contributed by atoms with Gasteiger partial charge < -0.3 is 9.47 Å². The third-order valence-corrected chi connectivity index (χ3v) is 5.87. The minimum Gasteiger partial charge on any atom is -0.492 e. The Bertz CT molecular complexity index is 1090. The number of hydrogen-bond donors (Lipinski definition) is 0. The van der Waals surface area contributed by atoms with E-state index in [0.29, 0.717) is 0 Å². The van der Waals surface area contributed by atoms with Gasteiger partial charge in [0.25, 0.3) is 0 Å². The first-order valence-corrected chi connectivity index (χ1v) is 9.94. The molecule has 4 aromatic rings. The monoisotopic (exact) mass is 374 g/mol. The molecule has 0 aliphatic heterocycles. The van der Waals surface area contributed by atoms with Crippen molar-refractivity contribution in [3.05, 3.63) is 47.5 Å². The van der Waals surface area contributed by atoms with Gasteiger partial charge in [0.05, 0.1) is 14.2 Å². The van der Waals surface area contributed by atoms with Crippen LogP contribution in [0, 0.1) is 0 Å². The highest BCUT2D eigenvalue weighted by Crippen LogP contribution is 2.49. The van der Waals surface area contributed by atoms with Gasteiger partial charge >= 0.3 is 0 Å². The molecule has 4 aromatic carbocycles. The molecule has 0 aromatic heterocycles. The van der Waals surface area contributed by atoms with Crippen molar-refractivity contribution < 1.29 is 9.47 Å². The molecule has 0 N–H and O–H groups in total. The van der Waals surface area contributed by atoms with Crippen LogP contribution in [0.1, 0.15) is 52.7 Å². The maximum absolute atomic E-state index is 5.92. The first kappa shape index (κ1) is 18.9. The number of methoxy groups -OCH3 is 2. The van der Waals surface area contributed by atoms with Crippen molar-refractivity contribution in [2.24, 2.45) is 0 Å². The number of ether oxygens (including phenoxy) is 2. The average Bonchev–Trinajstić information content (AvgIpc) is 2.62. The van der Waals surface area contributed by atoms with Gasteiger partial charge in [0.15, 0.2) is 11.5 Å². The SMILES string of the molecule is COc1c(OC)c2cc(C(C)(C)C)cc3ccc4cc(C(C)(C)C)cc1c4c32. The van der Waals surface area contributed by atoms with Crippen molar-refractivity contribution in [2.75, 3.05) is 14.2 Å². The standard InChI is InChI=1S/C26H30O2/c1-25(2,3)17-11-15-9-10-16-12-18(26(4,5)6)14-20-22(16)21(15)19(13-17)23(27-7)24(20)28-8/h9-14H,1-8H3. The lowest BCUT2D eigenvalue weighted by molar-refractivity contribution is 0.362. The predicted molar refractivity (Wildman–Crippen MR) is 121 cm³/mol. The van der Waals surface area contributed by atoms with Crippen molar-refractivity contribution in [3.63, 3.8) is 0 Å². The molecular weight excluding hydrogens is 344 g/mol. The van der Waals surface area contributed by atoms with E-state index in [-0.39, 0.29) is 10.8 Å². The number of rotatable bonds is 2. The normalized spacial score (nSPS) is 13.0. The van der Waals surface area contributed by atoms with E-state index in [0.717, 1.165) is 22.3 Å². The van der Waals surface area contributed by atoms with E-state index in [1.807, 2.05) is 0 Å². The Hall–Kier alpha value is -2.48. The highest BCUT2D eigenvalue weighted by molar-refractivity contribution is 6.27. The molecule has 0 bridgehead atoms. The Morgan fingerprint density at radius 2 is 0.929 bits per heavy atom. The molecule has 4 rings (SSSR count). The molecule has 0 unspecified atom stereocenters. The molecule has 0 heterocycles. The molecule has 2 nitrogen and oxygen atoms in total. The van der Waals surface area contributed by atoms with E-state index in [1.165, 1.54) is 32.7 Å². The Morgan fingerprint density at radius 3 is 1.21 bits per heavy atom. The minimum absolute atomic E-state index is 0.0576. The van der Waals surface area contributed by atoms with E-state index < -0.39 is 0 Å². The Kier molecular flexibility index (Phi) is 4.05. The summed E-state index contributed by atoms with van der Waals surface area (Å²) in [6.45, 7) is 13.5. The van der Waals surface area contributed by atoms with Crippen molar-refractivity contribution in [1.82, 2.24) is 0 Å². The zero-order valence-electron chi connectivity index (χ0n) is 18.3. The van der Waals surface area contributed by atoms with E-state index in [4.69, 9.17) is 9.47 Å². The van der Waals surface area contributed by atoms with Crippen LogP contribution in [0.5, 0.6) is 11.5 Å². The van der Waals surface area contributed by atoms with Gasteiger partial charge in [-0.25, -0.2) is 0 Å². The first-order chi connectivity index (χ1) is 13.1. The lowest BCUT2D eigenvalue weighted by atomic mass is 9.81. The lowest BCUT2D eigenvalue weighted by Crippen LogP contribution is -2.12. The van der Waals surface area contributed by atoms with Crippen LogP contribution in [0.3, 0.4) is 0 Å². The summed E-state index contributed by atoms with van der Waals surface area (Å²) >= 11 is 0. The van der Waals surface area contributed by atoms with E-state index >= 15 is 0 Å². The number of benzene rings is 4. The van der Waals surface area contributed by atoms with Crippen LogP contribution >= 0.6 is 0 Å². The van der Waals surface area contributed by atoms with Gasteiger partial charge in [-0.05, 0) is 44.9 Å². The highest BCUT2D eigenvalue weighted by Gasteiger charge is 2.24. The molecule has 0 saturated heterocycles. The maximum atomic E-state index is 5.92. The third kappa shape index (κ3) is 2.70. The molecule has 0 saturated carbocycles. The van der Waals surface area contributed by atoms with Crippen molar-refractivity contribution in [2.45, 2.75) is 52.4 Å². The Balaban J connectivity index is 2.28. The zero-order valence-corrected chi connectivity index (χ0v) is 18.3. The molecule has 2 heteroatoms. The summed E-state index contributed by atoms with van der Waals surface area (Å²) in [6, 6.07) is 13.7. The van der Waals surface area contributed by atoms with Gasteiger partial charge in [0, 0.05) is 21.5 Å². The van der Waals surface area contributed by atoms with E-state index in [1.54, 1.807) is 14.2 Å². The van der Waals surface area contributed by atoms with Crippen LogP contribution in [-0.4, -0.2) is 14.2 Å². The summed E-state index contributed by atoms with van der Waals surface area (Å²) in [6.07, 6.45) is 0. The molecule has 0 aliphatic rings. The van der Waals surface area contributed by atoms with E-state index in [9.17, 15) is 0 Å². The summed E-state index contributed by atoms with van der Waals surface area (Å²) in [5.74, 6) is 1.65. The molecule has 0 fully saturated rings. The maximum Gasteiger partial charge on any atom is 0.169 e. The van der Waals surface area contributed by atoms with Gasteiger partial charge in [-0.15, -0.1) is 0 Å². The van der Waals surface area contributed by atoms with Crippen LogP contribution in [0.2, 0.25) is 0 Å². The predicted octanol–water partition coefficient (Wildman–Crippen LogP) is 7.20. The van der Waals surface area contributed by atoms with Gasteiger partial charge in [-0.1, -0.05) is 65.8 Å². The van der Waals surface area contributed by atoms with Gasteiger partial charge in [-0.3, -0.25) is 0 Å². The fourth-order valence-electron chi connectivity index (χ4n) is 4.20. The fraction of sp³-hybridized carbons (Fsp3) is 0.385. The summed E-state index contributed by atoms with van der Waals surface area (Å²) in [5.41, 5.74) is 2.72. The fourth-order valence-corrected chi connectivity index (χ4v) is 4.20. The van der Waals surface area contributed by atoms with Crippen LogP contribution in [0.15, 0.2) is 36.4 Å². The summed E-state index contributed by atoms with van der Waals surface area (Å²) in [5, 5.41) is 7.29. The zero-order chi connectivity index (χ0) is 20.4. The molecule has 0 amide bonds. The molecular formula is C26H30O2. The lowest BCUT2D eigenvalue weighted by Gasteiger charge is -2.25. The molecule has 0 spiro atoms. The van der Waals surface area contributed by atoms with Crippen LogP contribution in [0.4, 0.5) is 0 Å². The van der Waals surface area contributed by atoms with Crippen LogP contribution in [-0.2, 0) is 10.8 Å². The van der Waals surface area contributed by atoms with Crippen LogP contribution in [0.25, 0.3) is 32.3 Å². The molecule has 0 atom stereocenters. The summed E-state index contributed by atoms with van der Waals surface area (Å²) in [7, 11) is 3.48. The largest absolute Gasteiger partial charge is 0.492 e. The first-order valence-electron chi connectivity index (χ1n) is 9.94. The van der Waals surface area contributed by atoms with Gasteiger partial charge in [0.2, 0.25) is 0 Å². The Labute approximate surface area is 167 Å². The molecule has 146 valence electrons. The number of hydrogen-bond acceptors (Lipinski definition) is 2. The molecule has 0 aliphatic carbocycles. The summed E-state index contributed by atoms with van der Waals surface area (Å²) in [4.78, 5) is 0. The van der Waals surface area contributed by atoms with Gasteiger partial charge in [-0.2, -0.15) is 0 Å². The van der Waals surface area contributed by atoms with Crippen LogP contribution < -0.4 is 9.47 Å². The minimum atomic E-state index is 0.0576.